The Morgan fingerprint density at radius 3 is 2.00 bits per heavy atom. The summed E-state index contributed by atoms with van der Waals surface area (Å²) < 4.78 is 23.7. The van der Waals surface area contributed by atoms with Gasteiger partial charge in [0.25, 0.3) is 0 Å². The first kappa shape index (κ1) is 13.2. The Bertz CT molecular complexity index is 435. The normalized spacial score (nSPS) is 14.1. The van der Waals surface area contributed by atoms with Crippen molar-refractivity contribution in [1.82, 2.24) is 0 Å². The molecule has 4 heteroatoms. The topological polar surface area (TPSA) is 60.2 Å². The van der Waals surface area contributed by atoms with Gasteiger partial charge in [-0.05, 0) is 44.0 Å². The lowest BCUT2D eigenvalue weighted by Gasteiger charge is -2.11. The Hall–Kier alpha value is -0.870. The number of sulfone groups is 1. The predicted molar refractivity (Wildman–Crippen MR) is 66.2 cm³/mol. The van der Waals surface area contributed by atoms with Crippen LogP contribution in [0.3, 0.4) is 0 Å². The summed E-state index contributed by atoms with van der Waals surface area (Å²) in [4.78, 5) is 0.385. The second-order valence-corrected chi connectivity index (χ2v) is 6.80. The molecule has 0 spiro atoms. The molecule has 0 aliphatic carbocycles. The van der Waals surface area contributed by atoms with Gasteiger partial charge < -0.3 is 5.73 Å². The summed E-state index contributed by atoms with van der Waals surface area (Å²) in [6.07, 6.45) is 0. The summed E-state index contributed by atoms with van der Waals surface area (Å²) in [6, 6.07) is 7.01. The Morgan fingerprint density at radius 1 is 1.12 bits per heavy atom. The molecule has 1 rings (SSSR count). The molecule has 0 saturated carbocycles. The van der Waals surface area contributed by atoms with Crippen LogP contribution in [0.15, 0.2) is 29.2 Å². The molecule has 0 radical (unpaired) electrons. The lowest BCUT2D eigenvalue weighted by Crippen LogP contribution is -2.14. The first-order valence-corrected chi connectivity index (χ1v) is 6.98. The summed E-state index contributed by atoms with van der Waals surface area (Å²) in [5, 5.41) is -0.384. The highest BCUT2D eigenvalue weighted by molar-refractivity contribution is 7.92. The van der Waals surface area contributed by atoms with E-state index in [4.69, 9.17) is 5.73 Å². The zero-order valence-electron chi connectivity index (χ0n) is 9.97. The maximum atomic E-state index is 11.9. The van der Waals surface area contributed by atoms with Crippen molar-refractivity contribution in [3.8, 4) is 0 Å². The molecule has 0 heterocycles. The van der Waals surface area contributed by atoms with E-state index >= 15 is 0 Å². The van der Waals surface area contributed by atoms with E-state index in [-0.39, 0.29) is 11.2 Å². The van der Waals surface area contributed by atoms with E-state index < -0.39 is 9.84 Å². The molecule has 0 saturated heterocycles. The van der Waals surface area contributed by atoms with Crippen LogP contribution in [0, 0.1) is 0 Å². The molecule has 2 N–H and O–H groups in total. The number of rotatable bonds is 4. The van der Waals surface area contributed by atoms with Gasteiger partial charge in [0, 0.05) is 0 Å². The average molecular weight is 241 g/mol. The van der Waals surface area contributed by atoms with E-state index in [2.05, 4.69) is 0 Å². The third-order valence-corrected chi connectivity index (χ3v) is 4.92. The van der Waals surface area contributed by atoms with Crippen molar-refractivity contribution >= 4 is 9.84 Å². The summed E-state index contributed by atoms with van der Waals surface area (Å²) >= 11 is 0. The zero-order valence-corrected chi connectivity index (χ0v) is 10.8. The summed E-state index contributed by atoms with van der Waals surface area (Å²) in [6.45, 7) is 5.96. The Balaban J connectivity index is 3.05. The van der Waals surface area contributed by atoms with Gasteiger partial charge in [0.2, 0.25) is 0 Å². The molecule has 0 aromatic heterocycles. The molecule has 1 atom stereocenters. The van der Waals surface area contributed by atoms with E-state index in [9.17, 15) is 8.42 Å². The van der Waals surface area contributed by atoms with E-state index in [1.165, 1.54) is 0 Å². The minimum Gasteiger partial charge on any atom is -0.330 e. The van der Waals surface area contributed by atoms with Crippen LogP contribution in [0.1, 0.15) is 32.3 Å². The minimum absolute atomic E-state index is 0.260. The third-order valence-electron chi connectivity index (χ3n) is 2.75. The van der Waals surface area contributed by atoms with Crippen LogP contribution in [0.25, 0.3) is 0 Å². The largest absolute Gasteiger partial charge is 0.330 e. The molecule has 1 aromatic rings. The van der Waals surface area contributed by atoms with Crippen molar-refractivity contribution in [1.29, 1.82) is 0 Å². The van der Waals surface area contributed by atoms with E-state index in [1.807, 2.05) is 19.1 Å². The van der Waals surface area contributed by atoms with Crippen LogP contribution >= 0.6 is 0 Å². The fourth-order valence-electron chi connectivity index (χ4n) is 1.39. The highest BCUT2D eigenvalue weighted by Gasteiger charge is 2.18. The molecule has 90 valence electrons. The molecule has 0 fully saturated rings. The molecule has 3 nitrogen and oxygen atoms in total. The van der Waals surface area contributed by atoms with Crippen LogP contribution in [0.2, 0.25) is 0 Å². The molecule has 1 aromatic carbocycles. The van der Waals surface area contributed by atoms with Gasteiger partial charge in [-0.15, -0.1) is 0 Å². The fraction of sp³-hybridized carbons (Fsp3) is 0.500. The highest BCUT2D eigenvalue weighted by atomic mass is 32.2. The third kappa shape index (κ3) is 2.62. The van der Waals surface area contributed by atoms with Gasteiger partial charge in [-0.1, -0.05) is 19.1 Å². The van der Waals surface area contributed by atoms with Gasteiger partial charge >= 0.3 is 0 Å². The van der Waals surface area contributed by atoms with Crippen molar-refractivity contribution in [2.75, 3.05) is 6.54 Å². The van der Waals surface area contributed by atoms with Gasteiger partial charge in [-0.2, -0.15) is 0 Å². The molecular weight excluding hydrogens is 222 g/mol. The second kappa shape index (κ2) is 4.97. The van der Waals surface area contributed by atoms with Crippen LogP contribution in [-0.2, 0) is 9.84 Å². The first-order chi connectivity index (χ1) is 7.39. The molecule has 0 bridgehead atoms. The van der Waals surface area contributed by atoms with E-state index in [1.54, 1.807) is 26.0 Å². The standard InChI is InChI=1S/C12H19NO2S/c1-9(2)16(14,15)12-6-4-11(5-7-12)10(3)8-13/h4-7,9-10H,8,13H2,1-3H3. The quantitative estimate of drug-likeness (QED) is 0.876. The first-order valence-electron chi connectivity index (χ1n) is 5.43. The minimum atomic E-state index is -3.16. The van der Waals surface area contributed by atoms with Gasteiger partial charge in [0.1, 0.15) is 0 Å². The molecule has 0 aliphatic heterocycles. The number of nitrogens with two attached hydrogens (primary N) is 1. The van der Waals surface area contributed by atoms with Gasteiger partial charge in [-0.25, -0.2) is 8.42 Å². The molecular formula is C12H19NO2S. The fourth-order valence-corrected chi connectivity index (χ4v) is 2.45. The van der Waals surface area contributed by atoms with Gasteiger partial charge in [-0.3, -0.25) is 0 Å². The Kier molecular flexibility index (Phi) is 4.10. The van der Waals surface area contributed by atoms with E-state index in [0.29, 0.717) is 11.4 Å². The van der Waals surface area contributed by atoms with Crippen molar-refractivity contribution in [2.24, 2.45) is 5.73 Å². The lowest BCUT2D eigenvalue weighted by molar-refractivity contribution is 0.587. The molecule has 1 unspecified atom stereocenters. The summed E-state index contributed by atoms with van der Waals surface area (Å²) in [5.41, 5.74) is 6.63. The zero-order chi connectivity index (χ0) is 12.3. The monoisotopic (exact) mass is 241 g/mol. The maximum Gasteiger partial charge on any atom is 0.180 e. The van der Waals surface area contributed by atoms with E-state index in [0.717, 1.165) is 5.56 Å². The maximum absolute atomic E-state index is 11.9. The highest BCUT2D eigenvalue weighted by Crippen LogP contribution is 2.19. The Morgan fingerprint density at radius 2 is 1.62 bits per heavy atom. The van der Waals surface area contributed by atoms with Crippen molar-refractivity contribution < 1.29 is 8.42 Å². The van der Waals surface area contributed by atoms with Crippen molar-refractivity contribution in [3.05, 3.63) is 29.8 Å². The number of benzene rings is 1. The summed E-state index contributed by atoms with van der Waals surface area (Å²) in [5.74, 6) is 0.260. The van der Waals surface area contributed by atoms with Crippen LogP contribution in [-0.4, -0.2) is 20.2 Å². The van der Waals surface area contributed by atoms with Crippen LogP contribution in [0.5, 0.6) is 0 Å². The predicted octanol–water partition coefficient (Wildman–Crippen LogP) is 1.93. The average Bonchev–Trinajstić information content (AvgIpc) is 2.28. The number of hydrogen-bond donors (Lipinski definition) is 1. The van der Waals surface area contributed by atoms with Crippen molar-refractivity contribution in [3.63, 3.8) is 0 Å². The Labute approximate surface area is 97.6 Å². The van der Waals surface area contributed by atoms with Gasteiger partial charge in [0.05, 0.1) is 10.1 Å². The molecule has 16 heavy (non-hydrogen) atoms. The molecule has 0 aliphatic rings. The van der Waals surface area contributed by atoms with Crippen LogP contribution in [0.4, 0.5) is 0 Å². The van der Waals surface area contributed by atoms with Crippen molar-refractivity contribution in [2.45, 2.75) is 36.8 Å². The smallest absolute Gasteiger partial charge is 0.180 e. The van der Waals surface area contributed by atoms with Gasteiger partial charge in [0.15, 0.2) is 9.84 Å². The number of hydrogen-bond acceptors (Lipinski definition) is 3. The second-order valence-electron chi connectivity index (χ2n) is 4.30. The molecule has 0 amide bonds. The summed E-state index contributed by atoms with van der Waals surface area (Å²) in [7, 11) is -3.16. The van der Waals surface area contributed by atoms with Crippen LogP contribution < -0.4 is 5.73 Å². The lowest BCUT2D eigenvalue weighted by atomic mass is 10.0. The SMILES string of the molecule is CC(CN)c1ccc(S(=O)(=O)C(C)C)cc1.